The summed E-state index contributed by atoms with van der Waals surface area (Å²) in [6, 6.07) is 0. The molecular weight excluding hydrogens is 1120 g/mol. The number of fused-ring (bicyclic) bond motifs is 5. The van der Waals surface area contributed by atoms with E-state index in [1.165, 1.54) is 51.4 Å². The first-order chi connectivity index (χ1) is 41.7. The number of rotatable bonds is 54. The van der Waals surface area contributed by atoms with Gasteiger partial charge in [0.25, 0.3) is 5.91 Å². The minimum Gasteiger partial charge on any atom is -0.394 e. The molecule has 0 aromatic carbocycles. The summed E-state index contributed by atoms with van der Waals surface area (Å²) in [4.78, 5) is 27.8. The van der Waals surface area contributed by atoms with Crippen molar-refractivity contribution >= 4 is 11.8 Å². The van der Waals surface area contributed by atoms with E-state index in [1.807, 2.05) is 0 Å². The van der Waals surface area contributed by atoms with E-state index in [4.69, 9.17) is 66.7 Å². The molecule has 0 aromatic heterocycles. The monoisotopic (exact) mass is 1230 g/mol. The minimum atomic E-state index is -2.04. The molecule has 4 aliphatic carbocycles. The van der Waals surface area contributed by atoms with Crippen LogP contribution in [-0.2, 0) is 71.2 Å². The molecule has 504 valence electrons. The van der Waals surface area contributed by atoms with Gasteiger partial charge in [-0.2, -0.15) is 0 Å². The number of nitrogens with zero attached hydrogens (tertiary/aromatic N) is 1. The number of carbonyl (C=O) groups is 2. The average molecular weight is 1240 g/mol. The van der Waals surface area contributed by atoms with Crippen LogP contribution in [0.1, 0.15) is 118 Å². The standard InChI is InChI=1S/C64H118N2O20/c1-49(2)10-7-11-50(3)54-14-15-55-53-13-12-51-46-52(16-18-63(51,4)56(53)17-19-64(54,55)5)86-23-9-22-66(21-8-20-65-62(73)61(72)60(71)59(70)57(68)47-67)58(69)48-85-45-44-84-43-42-83-41-40-82-39-38-81-37-36-80-35-34-79-33-32-78-31-30-77-29-28-76-27-26-75-25-24-74-6/h12,49-50,52-57,59-61,67-68,70-72H,7-11,13-48H2,1-6H3,(H,65,73)/t50-,52+,53+,54-,55+,56+,57-,59-,60+,61-,63+,64-/m1/s1. The smallest absolute Gasteiger partial charge is 0.251 e. The van der Waals surface area contributed by atoms with Gasteiger partial charge in [-0.05, 0) is 111 Å². The third-order valence-electron chi connectivity index (χ3n) is 18.3. The molecule has 22 nitrogen and oxygen atoms in total. The van der Waals surface area contributed by atoms with Crippen LogP contribution >= 0.6 is 0 Å². The summed E-state index contributed by atoms with van der Waals surface area (Å²) < 4.78 is 72.3. The summed E-state index contributed by atoms with van der Waals surface area (Å²) in [5, 5.41) is 51.6. The zero-order valence-corrected chi connectivity index (χ0v) is 53.7. The molecule has 0 bridgehead atoms. The van der Waals surface area contributed by atoms with Gasteiger partial charge in [-0.3, -0.25) is 9.59 Å². The lowest BCUT2D eigenvalue weighted by molar-refractivity contribution is -0.148. The van der Waals surface area contributed by atoms with Gasteiger partial charge in [-0.15, -0.1) is 0 Å². The number of aliphatic hydroxyl groups excluding tert-OH is 5. The van der Waals surface area contributed by atoms with Gasteiger partial charge in [-0.25, -0.2) is 0 Å². The van der Waals surface area contributed by atoms with Crippen LogP contribution in [0, 0.1) is 46.3 Å². The Morgan fingerprint density at radius 3 is 1.59 bits per heavy atom. The molecule has 0 heterocycles. The number of amides is 2. The summed E-state index contributed by atoms with van der Waals surface area (Å²) in [5.41, 5.74) is 2.29. The maximum atomic E-state index is 13.5. The van der Waals surface area contributed by atoms with Crippen molar-refractivity contribution in [3.8, 4) is 0 Å². The van der Waals surface area contributed by atoms with E-state index in [2.05, 4.69) is 46.0 Å². The van der Waals surface area contributed by atoms with Crippen molar-refractivity contribution in [2.24, 2.45) is 46.3 Å². The third kappa shape index (κ3) is 28.2. The molecule has 0 unspecified atom stereocenters. The lowest BCUT2D eigenvalue weighted by atomic mass is 9.47. The van der Waals surface area contributed by atoms with Gasteiger partial charge in [0.1, 0.15) is 24.9 Å². The summed E-state index contributed by atoms with van der Waals surface area (Å²) >= 11 is 0. The van der Waals surface area contributed by atoms with Crippen molar-refractivity contribution in [2.45, 2.75) is 149 Å². The molecule has 86 heavy (non-hydrogen) atoms. The molecule has 0 spiro atoms. The Hall–Kier alpha value is -2.04. The second kappa shape index (κ2) is 45.3. The normalized spacial score (nSPS) is 24.6. The van der Waals surface area contributed by atoms with Crippen LogP contribution in [0.4, 0.5) is 0 Å². The maximum Gasteiger partial charge on any atom is 0.251 e. The van der Waals surface area contributed by atoms with Crippen LogP contribution in [0.3, 0.4) is 0 Å². The molecule has 2 amide bonds. The van der Waals surface area contributed by atoms with Crippen molar-refractivity contribution in [1.82, 2.24) is 10.2 Å². The Kier molecular flexibility index (Phi) is 40.2. The number of nitrogens with one attached hydrogen (secondary N) is 1. The highest BCUT2D eigenvalue weighted by molar-refractivity contribution is 5.81. The molecule has 3 fully saturated rings. The number of hydrogen-bond acceptors (Lipinski definition) is 20. The molecule has 4 aliphatic rings. The van der Waals surface area contributed by atoms with Crippen LogP contribution in [0.25, 0.3) is 0 Å². The fraction of sp³-hybridized carbons (Fsp3) is 0.938. The van der Waals surface area contributed by atoms with Crippen molar-refractivity contribution in [1.29, 1.82) is 0 Å². The first kappa shape index (κ1) is 76.4. The van der Waals surface area contributed by atoms with Crippen molar-refractivity contribution in [3.63, 3.8) is 0 Å². The largest absolute Gasteiger partial charge is 0.394 e. The van der Waals surface area contributed by atoms with E-state index in [1.54, 1.807) is 17.6 Å². The Labute approximate surface area is 515 Å². The SMILES string of the molecule is COCCOCCOCCOCCOCCOCCOCCOCCOCCOCCOCCOCC(=O)N(CCCNC(=O)[C@H](O)[C@@H](O)[C@H](O)[C@H](O)CO)CCCO[C@H]1CC[C@@]2(C)C(=CC[C@H]3[C@@H]4CC[C@H]([C@H](C)CCCC(C)C)[C@@]4(C)CC[C@@H]32)C1. The van der Waals surface area contributed by atoms with Gasteiger partial charge < -0.3 is 97.3 Å². The first-order valence-corrected chi connectivity index (χ1v) is 32.7. The molecule has 0 radical (unpaired) electrons. The second-order valence-corrected chi connectivity index (χ2v) is 24.7. The number of hydrogen-bond donors (Lipinski definition) is 6. The number of ether oxygens (including phenoxy) is 13. The number of methoxy groups -OCH3 is 1. The van der Waals surface area contributed by atoms with Crippen molar-refractivity contribution < 1.29 is 96.7 Å². The molecule has 4 rings (SSSR count). The molecule has 0 saturated heterocycles. The van der Waals surface area contributed by atoms with Crippen LogP contribution in [0.2, 0.25) is 0 Å². The fourth-order valence-electron chi connectivity index (χ4n) is 13.5. The third-order valence-corrected chi connectivity index (χ3v) is 18.3. The van der Waals surface area contributed by atoms with Gasteiger partial charge >= 0.3 is 0 Å². The topological polar surface area (TPSA) is 271 Å². The van der Waals surface area contributed by atoms with Crippen LogP contribution in [-0.4, -0.2) is 265 Å². The molecular formula is C64H118N2O20. The van der Waals surface area contributed by atoms with E-state index in [0.717, 1.165) is 54.8 Å². The van der Waals surface area contributed by atoms with E-state index >= 15 is 0 Å². The van der Waals surface area contributed by atoms with E-state index in [-0.39, 0.29) is 50.3 Å². The Balaban J connectivity index is 1.03. The fourth-order valence-corrected chi connectivity index (χ4v) is 13.5. The summed E-state index contributed by atoms with van der Waals surface area (Å²) in [6.07, 6.45) is 9.84. The highest BCUT2D eigenvalue weighted by atomic mass is 16.6. The van der Waals surface area contributed by atoms with Crippen LogP contribution < -0.4 is 5.32 Å². The number of allylic oxidation sites excluding steroid dienone is 1. The highest BCUT2D eigenvalue weighted by Gasteiger charge is 2.59. The van der Waals surface area contributed by atoms with Gasteiger partial charge in [0.15, 0.2) is 6.10 Å². The van der Waals surface area contributed by atoms with E-state index in [9.17, 15) is 30.0 Å². The zero-order chi connectivity index (χ0) is 62.3. The van der Waals surface area contributed by atoms with Gasteiger partial charge in [-0.1, -0.05) is 65.5 Å². The molecule has 3 saturated carbocycles. The van der Waals surface area contributed by atoms with Crippen molar-refractivity contribution in [2.75, 3.05) is 192 Å². The quantitative estimate of drug-likeness (QED) is 0.0364. The molecule has 22 heteroatoms. The Morgan fingerprint density at radius 2 is 1.09 bits per heavy atom. The summed E-state index contributed by atoms with van der Waals surface area (Å²) in [6.45, 7) is 22.6. The van der Waals surface area contributed by atoms with Gasteiger partial charge in [0.05, 0.1) is 158 Å². The molecule has 0 aromatic rings. The zero-order valence-electron chi connectivity index (χ0n) is 53.7. The molecule has 6 N–H and O–H groups in total. The lowest BCUT2D eigenvalue weighted by Gasteiger charge is -2.58. The molecule has 0 aliphatic heterocycles. The maximum absolute atomic E-state index is 13.5. The van der Waals surface area contributed by atoms with Crippen LogP contribution in [0.15, 0.2) is 11.6 Å². The summed E-state index contributed by atoms with van der Waals surface area (Å²) in [5.74, 6) is 3.59. The number of aliphatic hydroxyl groups is 5. The van der Waals surface area contributed by atoms with Crippen molar-refractivity contribution in [3.05, 3.63) is 11.6 Å². The van der Waals surface area contributed by atoms with Gasteiger partial charge in [0, 0.05) is 33.4 Å². The van der Waals surface area contributed by atoms with Gasteiger partial charge in [0.2, 0.25) is 5.91 Å². The van der Waals surface area contributed by atoms with Crippen LogP contribution in [0.5, 0.6) is 0 Å². The van der Waals surface area contributed by atoms with E-state index in [0.29, 0.717) is 164 Å². The first-order valence-electron chi connectivity index (χ1n) is 32.7. The predicted molar refractivity (Wildman–Crippen MR) is 324 cm³/mol. The second-order valence-electron chi connectivity index (χ2n) is 24.7. The lowest BCUT2D eigenvalue weighted by Crippen LogP contribution is -2.51. The average Bonchev–Trinajstić information content (AvgIpc) is 1.35. The summed E-state index contributed by atoms with van der Waals surface area (Å²) in [7, 11) is 1.64. The minimum absolute atomic E-state index is 0.0615. The Bertz CT molecular complexity index is 1770. The predicted octanol–water partition coefficient (Wildman–Crippen LogP) is 4.40. The van der Waals surface area contributed by atoms with E-state index < -0.39 is 36.9 Å². The highest BCUT2D eigenvalue weighted by Crippen LogP contribution is 2.67. The number of carbonyl (C=O) groups excluding carboxylic acids is 2. The Morgan fingerprint density at radius 1 is 0.593 bits per heavy atom. The molecule has 12 atom stereocenters.